The maximum Gasteiger partial charge on any atom is 0.315 e. The summed E-state index contributed by atoms with van der Waals surface area (Å²) in [7, 11) is 0. The first-order valence-corrected chi connectivity index (χ1v) is 5.63. The summed E-state index contributed by atoms with van der Waals surface area (Å²) in [5, 5.41) is 15.2. The van der Waals surface area contributed by atoms with Crippen LogP contribution in [0.1, 0.15) is 46.5 Å². The highest BCUT2D eigenvalue weighted by atomic mass is 16.3. The average Bonchev–Trinajstić information content (AvgIpc) is 1.99. The molecule has 0 aromatic heterocycles. The molecule has 0 unspecified atom stereocenters. The van der Waals surface area contributed by atoms with E-state index in [1.807, 2.05) is 20.8 Å². The van der Waals surface area contributed by atoms with Crippen molar-refractivity contribution in [3.05, 3.63) is 0 Å². The standard InChI is InChI=1S/C11H22N2O2/c1-11(2,3)13-10(15)12-8-5-4-6-9(14)7-8/h8-9,14H,4-7H2,1-3H3,(H2,12,13,15)/t8-,9+/m0/s1. The Kier molecular flexibility index (Phi) is 3.97. The molecule has 1 aliphatic rings. The molecule has 2 amide bonds. The summed E-state index contributed by atoms with van der Waals surface area (Å²) in [4.78, 5) is 11.5. The number of carbonyl (C=O) groups excluding carboxylic acids is 1. The Labute approximate surface area is 91.4 Å². The first-order valence-electron chi connectivity index (χ1n) is 5.63. The molecule has 0 spiro atoms. The van der Waals surface area contributed by atoms with Gasteiger partial charge in [0, 0.05) is 11.6 Å². The minimum absolute atomic E-state index is 0.121. The van der Waals surface area contributed by atoms with Crippen molar-refractivity contribution in [2.45, 2.75) is 64.1 Å². The minimum atomic E-state index is -0.251. The Morgan fingerprint density at radius 1 is 1.33 bits per heavy atom. The van der Waals surface area contributed by atoms with Gasteiger partial charge in [-0.25, -0.2) is 4.79 Å². The molecule has 0 aromatic rings. The lowest BCUT2D eigenvalue weighted by molar-refractivity contribution is 0.113. The predicted octanol–water partition coefficient (Wildman–Crippen LogP) is 1.39. The van der Waals surface area contributed by atoms with E-state index in [1.54, 1.807) is 0 Å². The van der Waals surface area contributed by atoms with Gasteiger partial charge < -0.3 is 15.7 Å². The van der Waals surface area contributed by atoms with Crippen molar-refractivity contribution in [1.82, 2.24) is 10.6 Å². The summed E-state index contributed by atoms with van der Waals surface area (Å²) in [5.41, 5.74) is -0.211. The van der Waals surface area contributed by atoms with Crippen molar-refractivity contribution in [3.8, 4) is 0 Å². The molecule has 1 fully saturated rings. The lowest BCUT2D eigenvalue weighted by atomic mass is 9.93. The second kappa shape index (κ2) is 4.84. The van der Waals surface area contributed by atoms with Gasteiger partial charge in [0.25, 0.3) is 0 Å². The van der Waals surface area contributed by atoms with Crippen LogP contribution in [0.3, 0.4) is 0 Å². The Morgan fingerprint density at radius 2 is 2.00 bits per heavy atom. The van der Waals surface area contributed by atoms with Crippen LogP contribution in [0.4, 0.5) is 4.79 Å². The van der Waals surface area contributed by atoms with Crippen LogP contribution in [0, 0.1) is 0 Å². The largest absolute Gasteiger partial charge is 0.393 e. The van der Waals surface area contributed by atoms with E-state index in [0.29, 0.717) is 6.42 Å². The van der Waals surface area contributed by atoms with Crippen LogP contribution < -0.4 is 10.6 Å². The molecule has 1 aliphatic carbocycles. The Bertz CT molecular complexity index is 223. The highest BCUT2D eigenvalue weighted by Gasteiger charge is 2.22. The Hall–Kier alpha value is -0.770. The summed E-state index contributed by atoms with van der Waals surface area (Å²) in [6.45, 7) is 5.84. The fourth-order valence-electron chi connectivity index (χ4n) is 1.86. The SMILES string of the molecule is CC(C)(C)NC(=O)N[C@H]1CCC[C@@H](O)C1. The van der Waals surface area contributed by atoms with Gasteiger partial charge in [-0.15, -0.1) is 0 Å². The van der Waals surface area contributed by atoms with Crippen LogP contribution in [-0.4, -0.2) is 28.8 Å². The molecular weight excluding hydrogens is 192 g/mol. The second-order valence-electron chi connectivity index (χ2n) is 5.37. The molecule has 88 valence electrons. The molecule has 0 radical (unpaired) electrons. The highest BCUT2D eigenvalue weighted by Crippen LogP contribution is 2.18. The molecule has 0 heterocycles. The first kappa shape index (κ1) is 12.3. The fourth-order valence-corrected chi connectivity index (χ4v) is 1.86. The van der Waals surface area contributed by atoms with Gasteiger partial charge in [-0.3, -0.25) is 0 Å². The van der Waals surface area contributed by atoms with Crippen LogP contribution in [0.25, 0.3) is 0 Å². The van der Waals surface area contributed by atoms with E-state index in [4.69, 9.17) is 0 Å². The highest BCUT2D eigenvalue weighted by molar-refractivity contribution is 5.74. The topological polar surface area (TPSA) is 61.4 Å². The van der Waals surface area contributed by atoms with E-state index in [-0.39, 0.29) is 23.7 Å². The summed E-state index contributed by atoms with van der Waals surface area (Å²) in [6.07, 6.45) is 3.24. The number of aliphatic hydroxyl groups is 1. The third-order valence-electron chi connectivity index (χ3n) is 2.47. The van der Waals surface area contributed by atoms with Crippen molar-refractivity contribution in [2.24, 2.45) is 0 Å². The number of aliphatic hydroxyl groups excluding tert-OH is 1. The smallest absolute Gasteiger partial charge is 0.315 e. The van der Waals surface area contributed by atoms with Gasteiger partial charge in [0.05, 0.1) is 6.10 Å². The summed E-state index contributed by atoms with van der Waals surface area (Å²) in [6, 6.07) is -0.0160. The van der Waals surface area contributed by atoms with Crippen LogP contribution >= 0.6 is 0 Å². The zero-order valence-electron chi connectivity index (χ0n) is 9.84. The molecule has 1 rings (SSSR count). The van der Waals surface area contributed by atoms with E-state index >= 15 is 0 Å². The van der Waals surface area contributed by atoms with Gasteiger partial charge >= 0.3 is 6.03 Å². The van der Waals surface area contributed by atoms with Crippen LogP contribution in [0.15, 0.2) is 0 Å². The molecule has 1 saturated carbocycles. The molecule has 4 heteroatoms. The molecule has 0 aromatic carbocycles. The minimum Gasteiger partial charge on any atom is -0.393 e. The van der Waals surface area contributed by atoms with Gasteiger partial charge in [-0.1, -0.05) is 0 Å². The third kappa shape index (κ3) is 5.02. The molecule has 0 aliphatic heterocycles. The number of carbonyl (C=O) groups is 1. The normalized spacial score (nSPS) is 27.2. The molecular formula is C11H22N2O2. The maximum atomic E-state index is 11.5. The maximum absolute atomic E-state index is 11.5. The number of rotatable bonds is 1. The van der Waals surface area contributed by atoms with E-state index < -0.39 is 0 Å². The number of hydrogen-bond acceptors (Lipinski definition) is 2. The van der Waals surface area contributed by atoms with Gasteiger partial charge in [0.2, 0.25) is 0 Å². The lowest BCUT2D eigenvalue weighted by Crippen LogP contribution is -2.50. The van der Waals surface area contributed by atoms with Crippen molar-refractivity contribution in [1.29, 1.82) is 0 Å². The number of amides is 2. The second-order valence-corrected chi connectivity index (χ2v) is 5.37. The van der Waals surface area contributed by atoms with E-state index in [2.05, 4.69) is 10.6 Å². The fraction of sp³-hybridized carbons (Fsp3) is 0.909. The number of nitrogens with one attached hydrogen (secondary N) is 2. The van der Waals surface area contributed by atoms with Crippen LogP contribution in [0.5, 0.6) is 0 Å². The molecule has 3 N–H and O–H groups in total. The third-order valence-corrected chi connectivity index (χ3v) is 2.47. The summed E-state index contributed by atoms with van der Waals surface area (Å²) in [5.74, 6) is 0. The lowest BCUT2D eigenvalue weighted by Gasteiger charge is -2.28. The van der Waals surface area contributed by atoms with E-state index in [0.717, 1.165) is 19.3 Å². The van der Waals surface area contributed by atoms with Gasteiger partial charge in [0.15, 0.2) is 0 Å². The molecule has 4 nitrogen and oxygen atoms in total. The van der Waals surface area contributed by atoms with E-state index in [1.165, 1.54) is 0 Å². The number of hydrogen-bond donors (Lipinski definition) is 3. The number of urea groups is 1. The summed E-state index contributed by atoms with van der Waals surface area (Å²) >= 11 is 0. The van der Waals surface area contributed by atoms with Gasteiger partial charge in [0.1, 0.15) is 0 Å². The van der Waals surface area contributed by atoms with Crippen LogP contribution in [0.2, 0.25) is 0 Å². The quantitative estimate of drug-likeness (QED) is 0.617. The molecule has 2 atom stereocenters. The van der Waals surface area contributed by atoms with Crippen molar-refractivity contribution in [3.63, 3.8) is 0 Å². The van der Waals surface area contributed by atoms with Crippen molar-refractivity contribution in [2.75, 3.05) is 0 Å². The molecule has 0 saturated heterocycles. The van der Waals surface area contributed by atoms with Gasteiger partial charge in [-0.2, -0.15) is 0 Å². The first-order chi connectivity index (χ1) is 6.87. The monoisotopic (exact) mass is 214 g/mol. The molecule has 15 heavy (non-hydrogen) atoms. The summed E-state index contributed by atoms with van der Waals surface area (Å²) < 4.78 is 0. The Morgan fingerprint density at radius 3 is 2.53 bits per heavy atom. The Balaban J connectivity index is 2.31. The zero-order valence-corrected chi connectivity index (χ0v) is 9.84. The van der Waals surface area contributed by atoms with Gasteiger partial charge in [-0.05, 0) is 46.5 Å². The average molecular weight is 214 g/mol. The van der Waals surface area contributed by atoms with Crippen LogP contribution in [-0.2, 0) is 0 Å². The molecule has 0 bridgehead atoms. The van der Waals surface area contributed by atoms with E-state index in [9.17, 15) is 9.90 Å². The zero-order chi connectivity index (χ0) is 11.5. The van der Waals surface area contributed by atoms with Crippen molar-refractivity contribution < 1.29 is 9.90 Å². The predicted molar refractivity (Wildman–Crippen MR) is 59.7 cm³/mol. The van der Waals surface area contributed by atoms with Crippen molar-refractivity contribution >= 4 is 6.03 Å².